The predicted molar refractivity (Wildman–Crippen MR) is 96.0 cm³/mol. The summed E-state index contributed by atoms with van der Waals surface area (Å²) >= 11 is 3.25. The lowest BCUT2D eigenvalue weighted by Crippen LogP contribution is -2.27. The monoisotopic (exact) mass is 505 g/mol. The van der Waals surface area contributed by atoms with Crippen LogP contribution in [0.3, 0.4) is 0 Å². The Hall–Kier alpha value is -1.79. The molecular formula is C17H14BrF6NO3S. The molecule has 0 aliphatic rings. The summed E-state index contributed by atoms with van der Waals surface area (Å²) in [6.45, 7) is -0.237. The van der Waals surface area contributed by atoms with Crippen LogP contribution in [0.25, 0.3) is 0 Å². The number of alkyl halides is 6. The van der Waals surface area contributed by atoms with Gasteiger partial charge in [0, 0.05) is 6.54 Å². The van der Waals surface area contributed by atoms with Gasteiger partial charge in [0.15, 0.2) is 0 Å². The van der Waals surface area contributed by atoms with E-state index in [0.717, 1.165) is 0 Å². The van der Waals surface area contributed by atoms with Crippen LogP contribution in [0, 0.1) is 0 Å². The third-order valence-electron chi connectivity index (χ3n) is 3.79. The number of methoxy groups -OCH3 is 1. The number of rotatable bonds is 6. The van der Waals surface area contributed by atoms with E-state index in [1.165, 1.54) is 7.11 Å². The lowest BCUT2D eigenvalue weighted by Gasteiger charge is -2.15. The van der Waals surface area contributed by atoms with Crippen LogP contribution in [-0.4, -0.2) is 22.1 Å². The molecule has 0 saturated heterocycles. The molecule has 0 amide bonds. The van der Waals surface area contributed by atoms with Gasteiger partial charge in [0.2, 0.25) is 10.0 Å². The molecule has 1 N–H and O–H groups in total. The van der Waals surface area contributed by atoms with E-state index >= 15 is 0 Å². The molecule has 160 valence electrons. The van der Waals surface area contributed by atoms with E-state index < -0.39 is 38.4 Å². The molecule has 0 bridgehead atoms. The van der Waals surface area contributed by atoms with E-state index in [0.29, 0.717) is 15.8 Å². The van der Waals surface area contributed by atoms with Gasteiger partial charge >= 0.3 is 12.4 Å². The molecule has 0 fully saturated rings. The molecule has 12 heteroatoms. The number of benzene rings is 2. The van der Waals surface area contributed by atoms with Gasteiger partial charge in [-0.1, -0.05) is 6.07 Å². The first-order chi connectivity index (χ1) is 13.2. The molecule has 4 nitrogen and oxygen atoms in total. The Bertz CT molecular complexity index is 957. The molecule has 0 radical (unpaired) electrons. The molecule has 0 aliphatic carbocycles. The van der Waals surface area contributed by atoms with Crippen LogP contribution in [0.5, 0.6) is 5.75 Å². The highest BCUT2D eigenvalue weighted by atomic mass is 79.9. The molecular weight excluding hydrogens is 492 g/mol. The summed E-state index contributed by atoms with van der Waals surface area (Å²) in [6, 6.07) is 5.12. The molecule has 0 aliphatic heterocycles. The molecule has 2 aromatic rings. The van der Waals surface area contributed by atoms with Crippen LogP contribution >= 0.6 is 15.9 Å². The van der Waals surface area contributed by atoms with Gasteiger partial charge < -0.3 is 4.74 Å². The molecule has 29 heavy (non-hydrogen) atoms. The minimum absolute atomic E-state index is 0.131. The average Bonchev–Trinajstić information content (AvgIpc) is 2.60. The minimum Gasteiger partial charge on any atom is -0.496 e. The van der Waals surface area contributed by atoms with Crippen molar-refractivity contribution in [3.8, 4) is 5.75 Å². The molecule has 0 unspecified atom stereocenters. The van der Waals surface area contributed by atoms with Gasteiger partial charge in [0.1, 0.15) is 5.75 Å². The van der Waals surface area contributed by atoms with Gasteiger partial charge in [-0.15, -0.1) is 0 Å². The van der Waals surface area contributed by atoms with Crippen molar-refractivity contribution >= 4 is 26.0 Å². The zero-order valence-electron chi connectivity index (χ0n) is 14.7. The second-order valence-corrected chi connectivity index (χ2v) is 8.48. The SMILES string of the molecule is COc1ccc(CCNS(=O)(=O)c2cc(C(F)(F)F)cc(C(F)(F)F)c2)cc1Br. The maximum atomic E-state index is 12.9. The summed E-state index contributed by atoms with van der Waals surface area (Å²) in [5.41, 5.74) is -2.74. The topological polar surface area (TPSA) is 55.4 Å². The van der Waals surface area contributed by atoms with Gasteiger partial charge in [-0.25, -0.2) is 13.1 Å². The fraction of sp³-hybridized carbons (Fsp3) is 0.294. The lowest BCUT2D eigenvalue weighted by atomic mass is 10.1. The lowest BCUT2D eigenvalue weighted by molar-refractivity contribution is -0.143. The summed E-state index contributed by atoms with van der Waals surface area (Å²) in [4.78, 5) is -1.12. The van der Waals surface area contributed by atoms with Gasteiger partial charge in [0.25, 0.3) is 0 Å². The van der Waals surface area contributed by atoms with Gasteiger partial charge in [-0.05, 0) is 58.2 Å². The predicted octanol–water partition coefficient (Wildman–Crippen LogP) is 5.02. The van der Waals surface area contributed by atoms with E-state index in [4.69, 9.17) is 4.74 Å². The van der Waals surface area contributed by atoms with Crippen LogP contribution in [0.1, 0.15) is 16.7 Å². The first kappa shape index (κ1) is 23.5. The summed E-state index contributed by atoms with van der Waals surface area (Å²) in [7, 11) is -3.15. The number of hydrogen-bond donors (Lipinski definition) is 1. The molecule has 0 aromatic heterocycles. The molecule has 0 spiro atoms. The Morgan fingerprint density at radius 1 is 0.966 bits per heavy atom. The Kier molecular flexibility index (Phi) is 6.90. The maximum Gasteiger partial charge on any atom is 0.416 e. The largest absolute Gasteiger partial charge is 0.496 e. The summed E-state index contributed by atoms with van der Waals surface area (Å²) in [5, 5.41) is 0. The smallest absolute Gasteiger partial charge is 0.416 e. The highest BCUT2D eigenvalue weighted by molar-refractivity contribution is 9.10. The number of halogens is 7. The Morgan fingerprint density at radius 2 is 1.52 bits per heavy atom. The van der Waals surface area contributed by atoms with Crippen molar-refractivity contribution < 1.29 is 39.5 Å². The van der Waals surface area contributed by atoms with E-state index in [9.17, 15) is 34.8 Å². The average molecular weight is 506 g/mol. The fourth-order valence-corrected chi connectivity index (χ4v) is 4.05. The van der Waals surface area contributed by atoms with Crippen LogP contribution in [0.15, 0.2) is 45.8 Å². The number of ether oxygens (including phenoxy) is 1. The normalized spacial score (nSPS) is 12.8. The van der Waals surface area contributed by atoms with Gasteiger partial charge in [-0.3, -0.25) is 0 Å². The Balaban J connectivity index is 2.25. The zero-order valence-corrected chi connectivity index (χ0v) is 17.1. The highest BCUT2D eigenvalue weighted by Gasteiger charge is 2.38. The number of hydrogen-bond acceptors (Lipinski definition) is 3. The van der Waals surface area contributed by atoms with Crippen molar-refractivity contribution in [2.75, 3.05) is 13.7 Å². The summed E-state index contributed by atoms with van der Waals surface area (Å²) in [5.74, 6) is 0.540. The van der Waals surface area contributed by atoms with Gasteiger partial charge in [0.05, 0.1) is 27.6 Å². The second-order valence-electron chi connectivity index (χ2n) is 5.86. The van der Waals surface area contributed by atoms with E-state index in [1.54, 1.807) is 18.2 Å². The molecule has 2 aromatic carbocycles. The van der Waals surface area contributed by atoms with Crippen LogP contribution in [0.4, 0.5) is 26.3 Å². The first-order valence-corrected chi connectivity index (χ1v) is 10.1. The fourth-order valence-electron chi connectivity index (χ4n) is 2.36. The first-order valence-electron chi connectivity index (χ1n) is 7.85. The van der Waals surface area contributed by atoms with Crippen molar-refractivity contribution in [3.05, 3.63) is 57.6 Å². The van der Waals surface area contributed by atoms with E-state index in [1.807, 2.05) is 4.72 Å². The molecule has 0 saturated carbocycles. The van der Waals surface area contributed by atoms with Crippen molar-refractivity contribution in [3.63, 3.8) is 0 Å². The highest BCUT2D eigenvalue weighted by Crippen LogP contribution is 2.37. The molecule has 0 heterocycles. The van der Waals surface area contributed by atoms with E-state index in [-0.39, 0.29) is 31.2 Å². The van der Waals surface area contributed by atoms with E-state index in [2.05, 4.69) is 15.9 Å². The van der Waals surface area contributed by atoms with Crippen LogP contribution in [-0.2, 0) is 28.8 Å². The van der Waals surface area contributed by atoms with Crippen LogP contribution in [0.2, 0.25) is 0 Å². The summed E-state index contributed by atoms with van der Waals surface area (Å²) in [6.07, 6.45) is -10.1. The second kappa shape index (κ2) is 8.52. The van der Waals surface area contributed by atoms with Gasteiger partial charge in [-0.2, -0.15) is 26.3 Å². The number of sulfonamides is 1. The third kappa shape index (κ3) is 6.09. The van der Waals surface area contributed by atoms with Crippen molar-refractivity contribution in [1.82, 2.24) is 4.72 Å². The minimum atomic E-state index is -5.14. The third-order valence-corrected chi connectivity index (χ3v) is 5.85. The maximum absolute atomic E-state index is 12.9. The zero-order chi connectivity index (χ0) is 22.0. The standard InChI is InChI=1S/C17H14BrF6NO3S/c1-28-15-3-2-10(6-14(15)18)4-5-25-29(26,27)13-8-11(16(19,20)21)7-12(9-13)17(22,23)24/h2-3,6-9,25H,4-5H2,1H3. The van der Waals surface area contributed by atoms with Crippen molar-refractivity contribution in [1.29, 1.82) is 0 Å². The molecule has 2 rings (SSSR count). The Morgan fingerprint density at radius 3 is 1.97 bits per heavy atom. The number of nitrogens with one attached hydrogen (secondary N) is 1. The van der Waals surface area contributed by atoms with Crippen molar-refractivity contribution in [2.45, 2.75) is 23.7 Å². The van der Waals surface area contributed by atoms with Crippen LogP contribution < -0.4 is 9.46 Å². The van der Waals surface area contributed by atoms with Crippen molar-refractivity contribution in [2.24, 2.45) is 0 Å². The quantitative estimate of drug-likeness (QED) is 0.561. The molecule has 0 atom stereocenters. The Labute approximate surface area is 171 Å². The summed E-state index contributed by atoms with van der Waals surface area (Å²) < 4.78 is 110.